The van der Waals surface area contributed by atoms with Crippen LogP contribution in [0.2, 0.25) is 5.02 Å². The molecule has 180 valence electrons. The van der Waals surface area contributed by atoms with Crippen molar-refractivity contribution < 1.29 is 41.3 Å². The maximum absolute atomic E-state index is 14.6. The van der Waals surface area contributed by atoms with Gasteiger partial charge in [0.15, 0.2) is 11.6 Å². The zero-order valence-electron chi connectivity index (χ0n) is 17.3. The predicted octanol–water partition coefficient (Wildman–Crippen LogP) is 3.48. The number of aliphatic hydroxyl groups is 1. The number of fused-ring (bicyclic) bond motifs is 1. The third-order valence-corrected chi connectivity index (χ3v) is 5.78. The normalized spacial score (nSPS) is 23.0. The molecule has 0 saturated carbocycles. The fraction of sp³-hybridized carbons (Fsp3) is 0.381. The van der Waals surface area contributed by atoms with Gasteiger partial charge in [-0.25, -0.2) is 8.78 Å². The van der Waals surface area contributed by atoms with Gasteiger partial charge in [0.2, 0.25) is 11.5 Å². The number of halogens is 6. The average Bonchev–Trinajstić information content (AvgIpc) is 2.73. The monoisotopic (exact) mass is 494 g/mol. The minimum atomic E-state index is -5.28. The van der Waals surface area contributed by atoms with Crippen molar-refractivity contribution >= 4 is 17.5 Å². The van der Waals surface area contributed by atoms with E-state index in [1.807, 2.05) is 0 Å². The van der Waals surface area contributed by atoms with Gasteiger partial charge in [-0.2, -0.15) is 13.2 Å². The lowest BCUT2D eigenvalue weighted by Gasteiger charge is -2.41. The molecule has 1 aromatic rings. The Labute approximate surface area is 190 Å². The lowest BCUT2D eigenvalue weighted by atomic mass is 9.84. The quantitative estimate of drug-likeness (QED) is 0.506. The van der Waals surface area contributed by atoms with Crippen molar-refractivity contribution in [3.63, 3.8) is 0 Å². The van der Waals surface area contributed by atoms with Crippen LogP contribution in [0.4, 0.5) is 22.0 Å². The van der Waals surface area contributed by atoms with Gasteiger partial charge in [-0.05, 0) is 29.9 Å². The van der Waals surface area contributed by atoms with Crippen molar-refractivity contribution in [3.05, 3.63) is 64.4 Å². The van der Waals surface area contributed by atoms with E-state index in [9.17, 15) is 31.9 Å². The summed E-state index contributed by atoms with van der Waals surface area (Å²) < 4.78 is 80.7. The number of carbonyl (C=O) groups is 1. The molecule has 1 aliphatic heterocycles. The van der Waals surface area contributed by atoms with Crippen LogP contribution >= 0.6 is 11.6 Å². The van der Waals surface area contributed by atoms with Gasteiger partial charge >= 0.3 is 6.18 Å². The molecule has 1 amide bonds. The maximum atomic E-state index is 14.6. The summed E-state index contributed by atoms with van der Waals surface area (Å²) in [4.78, 5) is 11.6. The summed E-state index contributed by atoms with van der Waals surface area (Å²) in [7, 11) is 2.09. The molecule has 6 nitrogen and oxygen atoms in total. The summed E-state index contributed by atoms with van der Waals surface area (Å²) in [5, 5.41) is 15.0. The second kappa shape index (κ2) is 9.32. The summed E-state index contributed by atoms with van der Waals surface area (Å²) in [6.07, 6.45) is -0.736. The van der Waals surface area contributed by atoms with E-state index in [2.05, 4.69) is 15.4 Å². The number of carbonyl (C=O) groups excluding carboxylic acids is 1. The third-order valence-electron chi connectivity index (χ3n) is 5.39. The number of ether oxygens (including phenoxy) is 2. The lowest BCUT2D eigenvalue weighted by Crippen LogP contribution is -2.58. The van der Waals surface area contributed by atoms with Crippen LogP contribution in [0.3, 0.4) is 0 Å². The number of methoxy groups -OCH3 is 2. The van der Waals surface area contributed by atoms with Crippen molar-refractivity contribution in [2.45, 2.75) is 23.9 Å². The molecule has 1 aliphatic carbocycles. The number of hydrogen-bond donors (Lipinski definition) is 3. The van der Waals surface area contributed by atoms with Gasteiger partial charge in [-0.1, -0.05) is 23.7 Å². The topological polar surface area (TPSA) is 79.8 Å². The third kappa shape index (κ3) is 4.71. The highest BCUT2D eigenvalue weighted by Crippen LogP contribution is 2.45. The minimum absolute atomic E-state index is 0.104. The molecule has 1 heterocycles. The van der Waals surface area contributed by atoms with Crippen LogP contribution in [0.25, 0.3) is 0 Å². The summed E-state index contributed by atoms with van der Waals surface area (Å²) in [5.41, 5.74) is -4.18. The molecule has 33 heavy (non-hydrogen) atoms. The lowest BCUT2D eigenvalue weighted by molar-refractivity contribution is -0.284. The average molecular weight is 495 g/mol. The molecule has 12 heteroatoms. The highest BCUT2D eigenvalue weighted by atomic mass is 35.5. The Morgan fingerprint density at radius 1 is 1.27 bits per heavy atom. The molecule has 3 rings (SSSR count). The largest absolute Gasteiger partial charge is 0.494 e. The van der Waals surface area contributed by atoms with E-state index in [1.165, 1.54) is 6.08 Å². The van der Waals surface area contributed by atoms with Gasteiger partial charge in [0, 0.05) is 18.7 Å². The molecule has 0 spiro atoms. The van der Waals surface area contributed by atoms with Gasteiger partial charge in [0.1, 0.15) is 5.83 Å². The molecule has 0 radical (unpaired) electrons. The number of alkyl halides is 3. The van der Waals surface area contributed by atoms with Gasteiger partial charge in [-0.15, -0.1) is 0 Å². The first-order chi connectivity index (χ1) is 15.4. The highest BCUT2D eigenvalue weighted by molar-refractivity contribution is 6.31. The van der Waals surface area contributed by atoms with E-state index in [-0.39, 0.29) is 11.4 Å². The molecule has 0 bridgehead atoms. The van der Waals surface area contributed by atoms with Crippen molar-refractivity contribution in [1.82, 2.24) is 10.6 Å². The van der Waals surface area contributed by atoms with Crippen molar-refractivity contribution in [2.24, 2.45) is 5.92 Å². The van der Waals surface area contributed by atoms with Crippen LogP contribution in [0.5, 0.6) is 5.75 Å². The predicted molar refractivity (Wildman–Crippen MR) is 109 cm³/mol. The Hall–Kier alpha value is -2.63. The van der Waals surface area contributed by atoms with Crippen LogP contribution in [-0.4, -0.2) is 49.7 Å². The molecular formula is C21H20ClF5N2O4. The summed E-state index contributed by atoms with van der Waals surface area (Å²) in [6.45, 7) is -1.25. The Morgan fingerprint density at radius 3 is 2.58 bits per heavy atom. The number of nitrogens with one attached hydrogen (secondary N) is 2. The van der Waals surface area contributed by atoms with Gasteiger partial charge in [0.05, 0.1) is 30.8 Å². The van der Waals surface area contributed by atoms with Crippen LogP contribution in [0.15, 0.2) is 48.0 Å². The zero-order chi connectivity index (χ0) is 24.6. The number of benzene rings is 1. The Morgan fingerprint density at radius 2 is 1.97 bits per heavy atom. The number of hydrogen-bond acceptors (Lipinski definition) is 5. The fourth-order valence-electron chi connectivity index (χ4n) is 3.75. The Bertz CT molecular complexity index is 1030. The van der Waals surface area contributed by atoms with Crippen LogP contribution < -0.4 is 15.4 Å². The molecule has 0 saturated heterocycles. The van der Waals surface area contributed by atoms with E-state index in [1.54, 1.807) is 0 Å². The minimum Gasteiger partial charge on any atom is -0.494 e. The Kier molecular flexibility index (Phi) is 7.06. The van der Waals surface area contributed by atoms with Crippen molar-refractivity contribution in [1.29, 1.82) is 0 Å². The number of rotatable bonds is 7. The van der Waals surface area contributed by atoms with E-state index in [4.69, 9.17) is 16.3 Å². The van der Waals surface area contributed by atoms with Gasteiger partial charge in [-0.3, -0.25) is 4.79 Å². The second-order valence-corrected chi connectivity index (χ2v) is 7.87. The maximum Gasteiger partial charge on any atom is 0.421 e. The van der Waals surface area contributed by atoms with Crippen molar-refractivity contribution in [3.8, 4) is 5.75 Å². The fourth-order valence-corrected chi connectivity index (χ4v) is 4.02. The van der Waals surface area contributed by atoms with E-state index in [0.29, 0.717) is 0 Å². The molecule has 2 aliphatic rings. The highest BCUT2D eigenvalue weighted by Gasteiger charge is 2.60. The smallest absolute Gasteiger partial charge is 0.421 e. The van der Waals surface area contributed by atoms with E-state index in [0.717, 1.165) is 44.6 Å². The van der Waals surface area contributed by atoms with Crippen molar-refractivity contribution in [2.75, 3.05) is 20.8 Å². The molecule has 4 unspecified atom stereocenters. The standard InChI is InChI=1S/C21H20ClF5N2O4/c1-32-9-20(31,21(25,26)27)19(12-3-5-15(33-2)18(24)17(12)22)29-14-8-10(23)7-13-11(14)4-6-16(30)28-13/h3-8,11,13,19,29,31H,9H2,1-2H3,(H,28,30). The molecule has 3 N–H and O–H groups in total. The molecule has 0 aromatic heterocycles. The summed E-state index contributed by atoms with van der Waals surface area (Å²) >= 11 is 6.04. The summed E-state index contributed by atoms with van der Waals surface area (Å²) in [6, 6.07) is -0.914. The van der Waals surface area contributed by atoms with Crippen LogP contribution in [0.1, 0.15) is 11.6 Å². The van der Waals surface area contributed by atoms with E-state index < -0.39 is 64.5 Å². The zero-order valence-corrected chi connectivity index (χ0v) is 18.1. The molecule has 4 atom stereocenters. The molecular weight excluding hydrogens is 475 g/mol. The van der Waals surface area contributed by atoms with E-state index >= 15 is 0 Å². The van der Waals surface area contributed by atoms with Gasteiger partial charge < -0.3 is 25.2 Å². The first-order valence-corrected chi connectivity index (χ1v) is 9.94. The van der Waals surface area contributed by atoms with Gasteiger partial charge in [0.25, 0.3) is 0 Å². The number of allylic oxidation sites excluding steroid dienone is 2. The first-order valence-electron chi connectivity index (χ1n) is 9.57. The molecule has 1 aromatic carbocycles. The second-order valence-electron chi connectivity index (χ2n) is 7.49. The SMILES string of the molecule is COCC(O)(C(NC1=CC(F)=CC2NC(=O)C=CC12)c1ccc(OC)c(F)c1Cl)C(F)(F)F. The molecule has 0 fully saturated rings. The first kappa shape index (κ1) is 25.0. The number of amides is 1. The Balaban J connectivity index is 2.16. The van der Waals surface area contributed by atoms with Crippen LogP contribution in [-0.2, 0) is 9.53 Å². The summed E-state index contributed by atoms with van der Waals surface area (Å²) in [5.74, 6) is -3.59. The van der Waals surface area contributed by atoms with Crippen LogP contribution in [0, 0.1) is 11.7 Å².